The second-order valence-electron chi connectivity index (χ2n) is 12.0. The number of carbonyl (C=O) groups is 3. The van der Waals surface area contributed by atoms with Crippen LogP contribution in [0.5, 0.6) is 5.75 Å². The molecule has 0 bridgehead atoms. The highest BCUT2D eigenvalue weighted by Gasteiger charge is 2.40. The van der Waals surface area contributed by atoms with Crippen molar-refractivity contribution in [3.05, 3.63) is 94.3 Å². The van der Waals surface area contributed by atoms with Crippen LogP contribution in [0, 0.1) is 17.1 Å². The predicted molar refractivity (Wildman–Crippen MR) is 161 cm³/mol. The van der Waals surface area contributed by atoms with Gasteiger partial charge in [-0.25, -0.2) is 4.39 Å². The van der Waals surface area contributed by atoms with Crippen LogP contribution in [0.4, 0.5) is 10.1 Å². The van der Waals surface area contributed by atoms with Crippen LogP contribution < -0.4 is 15.0 Å². The fourth-order valence-electron chi connectivity index (χ4n) is 6.38. The molecule has 0 radical (unpaired) electrons. The summed E-state index contributed by atoms with van der Waals surface area (Å²) in [6.07, 6.45) is 0.524. The molecule has 2 saturated heterocycles. The fourth-order valence-corrected chi connectivity index (χ4v) is 6.38. The number of nitriles is 1. The third-order valence-electron chi connectivity index (χ3n) is 9.08. The summed E-state index contributed by atoms with van der Waals surface area (Å²) < 4.78 is 20.8. The summed E-state index contributed by atoms with van der Waals surface area (Å²) >= 11 is 0. The van der Waals surface area contributed by atoms with Gasteiger partial charge in [0.15, 0.2) is 0 Å². The normalized spacial score (nSPS) is 19.0. The first-order valence-corrected chi connectivity index (χ1v) is 14.8. The van der Waals surface area contributed by atoms with Crippen molar-refractivity contribution in [2.24, 2.45) is 0 Å². The Morgan fingerprint density at radius 1 is 1.02 bits per heavy atom. The number of benzene rings is 3. The Labute approximate surface area is 255 Å². The number of hydrogen-bond donors (Lipinski definition) is 1. The lowest BCUT2D eigenvalue weighted by molar-refractivity contribution is -0.136. The van der Waals surface area contributed by atoms with E-state index in [0.717, 1.165) is 29.8 Å². The highest BCUT2D eigenvalue weighted by Crippen LogP contribution is 2.35. The van der Waals surface area contributed by atoms with Crippen LogP contribution in [0.15, 0.2) is 60.7 Å². The minimum Gasteiger partial charge on any atom is -0.489 e. The maximum Gasteiger partial charge on any atom is 0.255 e. The summed E-state index contributed by atoms with van der Waals surface area (Å²) in [6, 6.07) is 19.6. The van der Waals surface area contributed by atoms with Gasteiger partial charge in [0.1, 0.15) is 24.2 Å². The molecule has 3 aliphatic rings. The van der Waals surface area contributed by atoms with Crippen LogP contribution in [-0.4, -0.2) is 59.7 Å². The number of halogens is 1. The number of nitrogens with one attached hydrogen (secondary N) is 1. The summed E-state index contributed by atoms with van der Waals surface area (Å²) in [6.45, 7) is 7.86. The van der Waals surface area contributed by atoms with Gasteiger partial charge in [-0.15, -0.1) is 0 Å². The summed E-state index contributed by atoms with van der Waals surface area (Å²) in [5.41, 5.74) is 4.02. The van der Waals surface area contributed by atoms with Crippen molar-refractivity contribution in [2.45, 2.75) is 51.4 Å². The van der Waals surface area contributed by atoms with Crippen molar-refractivity contribution in [3.8, 4) is 11.8 Å². The molecule has 1 N–H and O–H groups in total. The molecule has 1 atom stereocenters. The molecule has 3 aromatic rings. The lowest BCUT2D eigenvalue weighted by Gasteiger charge is -2.45. The summed E-state index contributed by atoms with van der Waals surface area (Å²) in [5.74, 6) is -0.739. The van der Waals surface area contributed by atoms with Gasteiger partial charge in [0.2, 0.25) is 11.8 Å². The highest BCUT2D eigenvalue weighted by atomic mass is 19.1. The molecule has 0 aliphatic carbocycles. The monoisotopic (exact) mass is 595 g/mol. The average Bonchev–Trinajstić information content (AvgIpc) is 3.36. The van der Waals surface area contributed by atoms with Gasteiger partial charge in [0, 0.05) is 49.3 Å². The molecule has 3 amide bonds. The van der Waals surface area contributed by atoms with Gasteiger partial charge in [0.25, 0.3) is 5.91 Å². The van der Waals surface area contributed by atoms with E-state index in [0.29, 0.717) is 48.7 Å². The molecule has 2 fully saturated rings. The molecule has 44 heavy (non-hydrogen) atoms. The maximum atomic E-state index is 14.6. The molecule has 9 nitrogen and oxygen atoms in total. The van der Waals surface area contributed by atoms with Crippen molar-refractivity contribution in [2.75, 3.05) is 31.1 Å². The van der Waals surface area contributed by atoms with Crippen LogP contribution in [0.2, 0.25) is 0 Å². The third kappa shape index (κ3) is 5.51. The van der Waals surface area contributed by atoms with Crippen molar-refractivity contribution in [1.29, 1.82) is 5.26 Å². The SMILES string of the molecule is CC(C)(c1ccc(COc2cccc3c2CN(C2CCC(=O)NC2=O)C3=O)cc1)N1CCN(c2ccc(C#N)cc2F)CC1. The Balaban J connectivity index is 1.07. The van der Waals surface area contributed by atoms with Gasteiger partial charge >= 0.3 is 0 Å². The molecular weight excluding hydrogens is 561 g/mol. The number of imide groups is 1. The van der Waals surface area contributed by atoms with E-state index in [-0.39, 0.29) is 36.1 Å². The quantitative estimate of drug-likeness (QED) is 0.410. The van der Waals surface area contributed by atoms with E-state index in [1.54, 1.807) is 24.3 Å². The molecule has 0 spiro atoms. The van der Waals surface area contributed by atoms with E-state index >= 15 is 0 Å². The Hall–Kier alpha value is -4.75. The average molecular weight is 596 g/mol. The Morgan fingerprint density at radius 3 is 2.45 bits per heavy atom. The molecule has 6 rings (SSSR count). The molecule has 0 saturated carbocycles. The first-order valence-electron chi connectivity index (χ1n) is 14.8. The third-order valence-corrected chi connectivity index (χ3v) is 9.08. The fraction of sp³-hybridized carbons (Fsp3) is 0.353. The number of anilines is 1. The molecule has 1 unspecified atom stereocenters. The van der Waals surface area contributed by atoms with Crippen molar-refractivity contribution >= 4 is 23.4 Å². The summed E-state index contributed by atoms with van der Waals surface area (Å²) in [4.78, 5) is 43.0. The van der Waals surface area contributed by atoms with Gasteiger partial charge in [-0.3, -0.25) is 24.6 Å². The van der Waals surface area contributed by atoms with Crippen LogP contribution in [0.1, 0.15) is 59.3 Å². The van der Waals surface area contributed by atoms with E-state index < -0.39 is 11.9 Å². The van der Waals surface area contributed by atoms with Crippen LogP contribution in [0.25, 0.3) is 0 Å². The number of piperazine rings is 1. The summed E-state index contributed by atoms with van der Waals surface area (Å²) in [5, 5.41) is 11.4. The Kier molecular flexibility index (Phi) is 7.82. The number of rotatable bonds is 7. The van der Waals surface area contributed by atoms with E-state index in [2.05, 4.69) is 36.2 Å². The van der Waals surface area contributed by atoms with Crippen molar-refractivity contribution < 1.29 is 23.5 Å². The number of ether oxygens (including phenoxy) is 1. The molecule has 226 valence electrons. The van der Waals surface area contributed by atoms with Crippen molar-refractivity contribution in [3.63, 3.8) is 0 Å². The minimum absolute atomic E-state index is 0.210. The molecule has 0 aromatic heterocycles. The number of nitrogens with zero attached hydrogens (tertiary/aromatic N) is 4. The highest BCUT2D eigenvalue weighted by molar-refractivity contribution is 6.05. The van der Waals surface area contributed by atoms with Gasteiger partial charge < -0.3 is 14.5 Å². The lowest BCUT2D eigenvalue weighted by atomic mass is 9.90. The number of amides is 3. The minimum atomic E-state index is -0.670. The largest absolute Gasteiger partial charge is 0.489 e. The lowest BCUT2D eigenvalue weighted by Crippen LogP contribution is -2.53. The van der Waals surface area contributed by atoms with Crippen molar-refractivity contribution in [1.82, 2.24) is 15.1 Å². The molecule has 3 heterocycles. The number of piperidine rings is 1. The maximum absolute atomic E-state index is 14.6. The van der Waals surface area contributed by atoms with E-state index in [1.165, 1.54) is 11.0 Å². The molecule has 3 aliphatic heterocycles. The van der Waals surface area contributed by atoms with Crippen LogP contribution in [-0.2, 0) is 28.3 Å². The number of fused-ring (bicyclic) bond motifs is 1. The zero-order valence-electron chi connectivity index (χ0n) is 24.8. The first-order chi connectivity index (χ1) is 21.2. The zero-order chi connectivity index (χ0) is 31.0. The number of hydrogen-bond acceptors (Lipinski definition) is 7. The van der Waals surface area contributed by atoms with E-state index in [4.69, 9.17) is 10.00 Å². The standard InChI is InChI=1S/C34H34FN5O4/c1-34(2,39-16-14-38(15-17-39)28-11-8-23(19-36)18-27(28)35)24-9-6-22(7-10-24)21-44-30-5-3-4-25-26(30)20-40(33(25)43)29-12-13-31(41)37-32(29)42/h3-11,18,29H,12-17,20-21H2,1-2H3,(H,37,41,42). The number of carbonyl (C=O) groups excluding carboxylic acids is 3. The van der Waals surface area contributed by atoms with Gasteiger partial charge in [-0.1, -0.05) is 30.3 Å². The Bertz CT molecular complexity index is 1660. The first kappa shape index (κ1) is 29.3. The van der Waals surface area contributed by atoms with E-state index in [9.17, 15) is 18.8 Å². The van der Waals surface area contributed by atoms with Crippen LogP contribution in [0.3, 0.4) is 0 Å². The predicted octanol–water partition coefficient (Wildman–Crippen LogP) is 4.09. The van der Waals surface area contributed by atoms with E-state index in [1.807, 2.05) is 29.2 Å². The zero-order valence-corrected chi connectivity index (χ0v) is 24.8. The molecular formula is C34H34FN5O4. The van der Waals surface area contributed by atoms with Gasteiger partial charge in [-0.05, 0) is 61.7 Å². The second-order valence-corrected chi connectivity index (χ2v) is 12.0. The molecule has 10 heteroatoms. The van der Waals surface area contributed by atoms with Gasteiger partial charge in [0.05, 0.1) is 23.9 Å². The smallest absolute Gasteiger partial charge is 0.255 e. The van der Waals surface area contributed by atoms with Crippen LogP contribution >= 0.6 is 0 Å². The molecule has 3 aromatic carbocycles. The summed E-state index contributed by atoms with van der Waals surface area (Å²) in [7, 11) is 0. The second kappa shape index (κ2) is 11.7. The topological polar surface area (TPSA) is 106 Å². The Morgan fingerprint density at radius 2 is 1.77 bits per heavy atom. The van der Waals surface area contributed by atoms with Gasteiger partial charge in [-0.2, -0.15) is 5.26 Å².